The fourth-order valence-corrected chi connectivity index (χ4v) is 1.98. The summed E-state index contributed by atoms with van der Waals surface area (Å²) in [6.45, 7) is 0. The van der Waals surface area contributed by atoms with Crippen molar-refractivity contribution in [2.45, 2.75) is 24.9 Å². The van der Waals surface area contributed by atoms with Crippen LogP contribution >= 0.6 is 0 Å². The van der Waals surface area contributed by atoms with Crippen molar-refractivity contribution in [1.82, 2.24) is 0 Å². The third-order valence-corrected chi connectivity index (χ3v) is 2.78. The van der Waals surface area contributed by atoms with Crippen LogP contribution in [-0.4, -0.2) is 26.8 Å². The van der Waals surface area contributed by atoms with Gasteiger partial charge in [-0.25, -0.2) is 0 Å². The topological polar surface area (TPSA) is 27.7 Å². The van der Waals surface area contributed by atoms with Crippen LogP contribution in [0.2, 0.25) is 0 Å². The van der Waals surface area contributed by atoms with Crippen LogP contribution in [0.3, 0.4) is 0 Å². The Bertz CT molecular complexity index is 299. The van der Waals surface area contributed by atoms with Gasteiger partial charge in [0.15, 0.2) is 12.6 Å². The smallest absolute Gasteiger partial charge is 0.167 e. The van der Waals surface area contributed by atoms with Gasteiger partial charge in [0, 0.05) is 26.6 Å². The predicted molar refractivity (Wildman–Crippen MR) is 56.5 cm³/mol. The lowest BCUT2D eigenvalue weighted by atomic mass is 9.97. The molecule has 1 heterocycles. The van der Waals surface area contributed by atoms with Crippen LogP contribution < -0.4 is 0 Å². The highest BCUT2D eigenvalue weighted by atomic mass is 16.8. The van der Waals surface area contributed by atoms with Gasteiger partial charge in [0.1, 0.15) is 0 Å². The van der Waals surface area contributed by atoms with E-state index in [0.29, 0.717) is 0 Å². The molecule has 1 aliphatic rings. The number of methoxy groups -OCH3 is 2. The molecule has 3 atom stereocenters. The van der Waals surface area contributed by atoms with Crippen LogP contribution in [0.15, 0.2) is 30.3 Å². The molecule has 1 aromatic rings. The zero-order valence-corrected chi connectivity index (χ0v) is 9.05. The first-order chi connectivity index (χ1) is 7.35. The lowest BCUT2D eigenvalue weighted by Crippen LogP contribution is -2.17. The number of hydrogen-bond acceptors (Lipinski definition) is 3. The molecule has 15 heavy (non-hydrogen) atoms. The minimum absolute atomic E-state index is 0.153. The normalized spacial score (nSPS) is 30.7. The second kappa shape index (κ2) is 4.75. The van der Waals surface area contributed by atoms with Gasteiger partial charge >= 0.3 is 0 Å². The molecule has 0 saturated carbocycles. The van der Waals surface area contributed by atoms with Crippen molar-refractivity contribution in [3.63, 3.8) is 0 Å². The van der Waals surface area contributed by atoms with Gasteiger partial charge in [0.25, 0.3) is 0 Å². The van der Waals surface area contributed by atoms with Gasteiger partial charge in [-0.15, -0.1) is 0 Å². The monoisotopic (exact) mass is 208 g/mol. The summed E-state index contributed by atoms with van der Waals surface area (Å²) < 4.78 is 16.1. The van der Waals surface area contributed by atoms with E-state index in [2.05, 4.69) is 12.1 Å². The Morgan fingerprint density at radius 2 is 1.87 bits per heavy atom. The van der Waals surface area contributed by atoms with Crippen LogP contribution in [0.5, 0.6) is 0 Å². The second-order valence-corrected chi connectivity index (χ2v) is 3.66. The molecule has 0 radical (unpaired) electrons. The maximum absolute atomic E-state index is 5.58. The minimum atomic E-state index is -0.197. The Morgan fingerprint density at radius 3 is 2.47 bits per heavy atom. The van der Waals surface area contributed by atoms with Crippen molar-refractivity contribution >= 4 is 0 Å². The Morgan fingerprint density at radius 1 is 1.13 bits per heavy atom. The van der Waals surface area contributed by atoms with Gasteiger partial charge in [0.2, 0.25) is 0 Å². The molecule has 3 unspecified atom stereocenters. The Kier molecular flexibility index (Phi) is 3.36. The first-order valence-corrected chi connectivity index (χ1v) is 5.11. The molecule has 3 nitrogen and oxygen atoms in total. The number of rotatable bonds is 3. The minimum Gasteiger partial charge on any atom is -0.356 e. The number of hydrogen-bond donors (Lipinski definition) is 0. The summed E-state index contributed by atoms with van der Waals surface area (Å²) in [5.74, 6) is 0.265. The SMILES string of the molecule is COC1CC(c2ccccc2)C(OC)O1. The number of ether oxygens (including phenoxy) is 3. The van der Waals surface area contributed by atoms with Crippen LogP contribution in [0, 0.1) is 0 Å². The van der Waals surface area contributed by atoms with Crippen molar-refractivity contribution in [2.24, 2.45) is 0 Å². The summed E-state index contributed by atoms with van der Waals surface area (Å²) in [4.78, 5) is 0. The zero-order chi connectivity index (χ0) is 10.7. The van der Waals surface area contributed by atoms with E-state index in [1.807, 2.05) is 18.2 Å². The molecular weight excluding hydrogens is 192 g/mol. The molecule has 1 aliphatic heterocycles. The van der Waals surface area contributed by atoms with Gasteiger partial charge < -0.3 is 14.2 Å². The largest absolute Gasteiger partial charge is 0.356 e. The summed E-state index contributed by atoms with van der Waals surface area (Å²) in [7, 11) is 3.32. The van der Waals surface area contributed by atoms with Crippen LogP contribution in [0.1, 0.15) is 17.9 Å². The molecule has 0 aliphatic carbocycles. The summed E-state index contributed by atoms with van der Waals surface area (Å²) in [5, 5.41) is 0. The highest BCUT2D eigenvalue weighted by molar-refractivity contribution is 5.21. The molecule has 1 aromatic carbocycles. The molecule has 0 amide bonds. The Hall–Kier alpha value is -0.900. The Labute approximate surface area is 90.0 Å². The van der Waals surface area contributed by atoms with Crippen molar-refractivity contribution in [3.8, 4) is 0 Å². The molecule has 0 spiro atoms. The quantitative estimate of drug-likeness (QED) is 0.761. The van der Waals surface area contributed by atoms with E-state index in [0.717, 1.165) is 6.42 Å². The maximum Gasteiger partial charge on any atom is 0.167 e. The van der Waals surface area contributed by atoms with Gasteiger partial charge in [-0.2, -0.15) is 0 Å². The van der Waals surface area contributed by atoms with E-state index in [1.54, 1.807) is 14.2 Å². The third-order valence-electron chi connectivity index (χ3n) is 2.78. The van der Waals surface area contributed by atoms with Gasteiger partial charge in [-0.3, -0.25) is 0 Å². The lowest BCUT2D eigenvalue weighted by Gasteiger charge is -2.16. The molecule has 0 bridgehead atoms. The van der Waals surface area contributed by atoms with E-state index in [1.165, 1.54) is 5.56 Å². The lowest BCUT2D eigenvalue weighted by molar-refractivity contribution is -0.188. The first-order valence-electron chi connectivity index (χ1n) is 5.11. The zero-order valence-electron chi connectivity index (χ0n) is 9.05. The highest BCUT2D eigenvalue weighted by Gasteiger charge is 2.36. The van der Waals surface area contributed by atoms with Crippen molar-refractivity contribution < 1.29 is 14.2 Å². The average molecular weight is 208 g/mol. The van der Waals surface area contributed by atoms with Crippen LogP contribution in [0.25, 0.3) is 0 Å². The molecule has 3 heteroatoms. The van der Waals surface area contributed by atoms with Crippen molar-refractivity contribution in [3.05, 3.63) is 35.9 Å². The maximum atomic E-state index is 5.58. The third kappa shape index (κ3) is 2.20. The summed E-state index contributed by atoms with van der Waals surface area (Å²) in [6, 6.07) is 10.3. The van der Waals surface area contributed by atoms with Gasteiger partial charge in [-0.05, 0) is 5.56 Å². The van der Waals surface area contributed by atoms with E-state index < -0.39 is 0 Å². The Balaban J connectivity index is 2.14. The highest BCUT2D eigenvalue weighted by Crippen LogP contribution is 2.35. The van der Waals surface area contributed by atoms with Crippen LogP contribution in [0.4, 0.5) is 0 Å². The molecular formula is C12H16O3. The summed E-state index contributed by atoms with van der Waals surface area (Å²) in [6.07, 6.45) is 0.497. The van der Waals surface area contributed by atoms with E-state index in [-0.39, 0.29) is 18.5 Å². The summed E-state index contributed by atoms with van der Waals surface area (Å²) in [5.41, 5.74) is 1.24. The molecule has 0 aromatic heterocycles. The standard InChI is InChI=1S/C12H16O3/c1-13-11-8-10(12(14-2)15-11)9-6-4-3-5-7-9/h3-7,10-12H,8H2,1-2H3. The molecule has 82 valence electrons. The van der Waals surface area contributed by atoms with E-state index in [4.69, 9.17) is 14.2 Å². The molecule has 2 rings (SSSR count). The van der Waals surface area contributed by atoms with Gasteiger partial charge in [0.05, 0.1) is 0 Å². The van der Waals surface area contributed by atoms with Crippen molar-refractivity contribution in [2.75, 3.05) is 14.2 Å². The first kappa shape index (κ1) is 10.6. The second-order valence-electron chi connectivity index (χ2n) is 3.66. The van der Waals surface area contributed by atoms with Crippen LogP contribution in [-0.2, 0) is 14.2 Å². The molecule has 0 N–H and O–H groups in total. The molecule has 1 fully saturated rings. The summed E-state index contributed by atoms with van der Waals surface area (Å²) >= 11 is 0. The predicted octanol–water partition coefficient (Wildman–Crippen LogP) is 2.14. The average Bonchev–Trinajstić information content (AvgIpc) is 2.73. The van der Waals surface area contributed by atoms with Gasteiger partial charge in [-0.1, -0.05) is 30.3 Å². The fraction of sp³-hybridized carbons (Fsp3) is 0.500. The fourth-order valence-electron chi connectivity index (χ4n) is 1.98. The van der Waals surface area contributed by atoms with E-state index >= 15 is 0 Å². The molecule has 1 saturated heterocycles. The van der Waals surface area contributed by atoms with Crippen molar-refractivity contribution in [1.29, 1.82) is 0 Å². The van der Waals surface area contributed by atoms with E-state index in [9.17, 15) is 0 Å². The number of benzene rings is 1.